The van der Waals surface area contributed by atoms with Crippen molar-refractivity contribution >= 4 is 16.2 Å². The zero-order valence-corrected chi connectivity index (χ0v) is 9.15. The summed E-state index contributed by atoms with van der Waals surface area (Å²) in [6.07, 6.45) is -0.361. The first-order valence-electron chi connectivity index (χ1n) is 4.45. The third-order valence-corrected chi connectivity index (χ3v) is 2.50. The second-order valence-electron chi connectivity index (χ2n) is 3.22. The Balaban J connectivity index is 2.92. The van der Waals surface area contributed by atoms with E-state index in [1.54, 1.807) is 30.3 Å². The van der Waals surface area contributed by atoms with Crippen LogP contribution in [0.3, 0.4) is 0 Å². The van der Waals surface area contributed by atoms with Gasteiger partial charge in [-0.05, 0) is 5.56 Å². The van der Waals surface area contributed by atoms with Gasteiger partial charge in [-0.3, -0.25) is 4.79 Å². The average Bonchev–Trinajstić information content (AvgIpc) is 2.15. The molecule has 0 aliphatic rings. The summed E-state index contributed by atoms with van der Waals surface area (Å²) in [5, 5.41) is 13.5. The van der Waals surface area contributed by atoms with Crippen LogP contribution in [-0.2, 0) is 15.0 Å². The van der Waals surface area contributed by atoms with Gasteiger partial charge in [0.2, 0.25) is 0 Å². The van der Waals surface area contributed by atoms with Gasteiger partial charge in [-0.2, -0.15) is 13.1 Å². The first kappa shape index (κ1) is 12.6. The fraction of sp³-hybridized carbons (Fsp3) is 0.222. The van der Waals surface area contributed by atoms with Crippen LogP contribution in [0.5, 0.6) is 0 Å². The molecule has 0 aliphatic heterocycles. The lowest BCUT2D eigenvalue weighted by molar-refractivity contribution is -0.137. The van der Waals surface area contributed by atoms with Crippen LogP contribution < -0.4 is 9.86 Å². The zero-order valence-electron chi connectivity index (χ0n) is 8.33. The Morgan fingerprint density at radius 3 is 2.38 bits per heavy atom. The molecule has 0 bridgehead atoms. The van der Waals surface area contributed by atoms with Gasteiger partial charge < -0.3 is 5.11 Å². The zero-order chi connectivity index (χ0) is 12.2. The summed E-state index contributed by atoms with van der Waals surface area (Å²) in [5.74, 6) is -1.11. The maximum Gasteiger partial charge on any atom is 0.305 e. The standard InChI is InChI=1S/C9H12N2O4S/c10-16(14,15)11-8(6-9(12)13)7-4-2-1-3-5-7/h1-5,8,11H,6H2,(H,12,13)(H2,10,14,15). The van der Waals surface area contributed by atoms with Gasteiger partial charge in [0.1, 0.15) is 0 Å². The van der Waals surface area contributed by atoms with Crippen molar-refractivity contribution < 1.29 is 18.3 Å². The molecule has 1 atom stereocenters. The van der Waals surface area contributed by atoms with Gasteiger partial charge in [0.05, 0.1) is 12.5 Å². The Labute approximate surface area is 93.3 Å². The van der Waals surface area contributed by atoms with Crippen LogP contribution >= 0.6 is 0 Å². The highest BCUT2D eigenvalue weighted by Crippen LogP contribution is 2.16. The van der Waals surface area contributed by atoms with Crippen LogP contribution in [0.1, 0.15) is 18.0 Å². The number of benzene rings is 1. The molecule has 0 spiro atoms. The van der Waals surface area contributed by atoms with Crippen molar-refractivity contribution in [3.63, 3.8) is 0 Å². The molecule has 1 unspecified atom stereocenters. The molecule has 7 heteroatoms. The van der Waals surface area contributed by atoms with E-state index in [1.807, 2.05) is 0 Å². The summed E-state index contributed by atoms with van der Waals surface area (Å²) in [7, 11) is -3.93. The number of carboxylic acid groups (broad SMARTS) is 1. The lowest BCUT2D eigenvalue weighted by Crippen LogP contribution is -2.35. The number of carbonyl (C=O) groups is 1. The third kappa shape index (κ3) is 4.39. The molecule has 0 saturated heterocycles. The van der Waals surface area contributed by atoms with Crippen LogP contribution in [-0.4, -0.2) is 19.5 Å². The van der Waals surface area contributed by atoms with E-state index in [4.69, 9.17) is 10.2 Å². The lowest BCUT2D eigenvalue weighted by atomic mass is 10.1. The van der Waals surface area contributed by atoms with E-state index < -0.39 is 22.2 Å². The van der Waals surface area contributed by atoms with Crippen LogP contribution in [0.15, 0.2) is 30.3 Å². The van der Waals surface area contributed by atoms with Crippen molar-refractivity contribution in [2.24, 2.45) is 5.14 Å². The highest BCUT2D eigenvalue weighted by atomic mass is 32.2. The van der Waals surface area contributed by atoms with E-state index in [0.717, 1.165) is 0 Å². The van der Waals surface area contributed by atoms with E-state index in [1.165, 1.54) is 0 Å². The quantitative estimate of drug-likeness (QED) is 0.676. The van der Waals surface area contributed by atoms with Crippen molar-refractivity contribution in [2.45, 2.75) is 12.5 Å². The molecule has 0 heterocycles. The number of rotatable bonds is 5. The molecule has 4 N–H and O–H groups in total. The number of hydrogen-bond donors (Lipinski definition) is 3. The van der Waals surface area contributed by atoms with Gasteiger partial charge in [-0.15, -0.1) is 0 Å². The fourth-order valence-electron chi connectivity index (χ4n) is 1.29. The lowest BCUT2D eigenvalue weighted by Gasteiger charge is -2.15. The minimum atomic E-state index is -3.93. The van der Waals surface area contributed by atoms with Crippen molar-refractivity contribution in [3.05, 3.63) is 35.9 Å². The van der Waals surface area contributed by atoms with Crippen molar-refractivity contribution in [3.8, 4) is 0 Å². The molecule has 0 aliphatic carbocycles. The summed E-state index contributed by atoms with van der Waals surface area (Å²) in [5.41, 5.74) is 0.555. The van der Waals surface area contributed by atoms with Gasteiger partial charge in [0, 0.05) is 0 Å². The minimum Gasteiger partial charge on any atom is -0.481 e. The number of hydrogen-bond acceptors (Lipinski definition) is 3. The van der Waals surface area contributed by atoms with Crippen LogP contribution in [0.2, 0.25) is 0 Å². The first-order chi connectivity index (χ1) is 7.38. The molecule has 0 amide bonds. The Hall–Kier alpha value is -1.44. The number of nitrogens with one attached hydrogen (secondary N) is 1. The normalized spacial score (nSPS) is 13.3. The number of carboxylic acids is 1. The SMILES string of the molecule is NS(=O)(=O)NC(CC(=O)O)c1ccccc1. The molecule has 0 saturated carbocycles. The van der Waals surface area contributed by atoms with Gasteiger partial charge in [0.15, 0.2) is 0 Å². The number of nitrogens with two attached hydrogens (primary N) is 1. The van der Waals surface area contributed by atoms with Crippen LogP contribution in [0, 0.1) is 0 Å². The summed E-state index contributed by atoms with van der Waals surface area (Å²) >= 11 is 0. The van der Waals surface area contributed by atoms with Gasteiger partial charge in [0.25, 0.3) is 10.2 Å². The van der Waals surface area contributed by atoms with Gasteiger partial charge >= 0.3 is 5.97 Å². The minimum absolute atomic E-state index is 0.361. The molecule has 1 rings (SSSR count). The predicted molar refractivity (Wildman–Crippen MR) is 57.7 cm³/mol. The maximum absolute atomic E-state index is 10.9. The Bertz CT molecular complexity index is 458. The van der Waals surface area contributed by atoms with Gasteiger partial charge in [-0.1, -0.05) is 30.3 Å². The maximum atomic E-state index is 10.9. The van der Waals surface area contributed by atoms with Crippen molar-refractivity contribution in [2.75, 3.05) is 0 Å². The molecular weight excluding hydrogens is 232 g/mol. The monoisotopic (exact) mass is 244 g/mol. The summed E-state index contributed by atoms with van der Waals surface area (Å²) in [6.45, 7) is 0. The van der Waals surface area contributed by atoms with Crippen LogP contribution in [0.25, 0.3) is 0 Å². The summed E-state index contributed by atoms with van der Waals surface area (Å²) in [6, 6.07) is 7.54. The Morgan fingerprint density at radius 2 is 1.94 bits per heavy atom. The van der Waals surface area contributed by atoms with E-state index in [0.29, 0.717) is 5.56 Å². The molecule has 88 valence electrons. The smallest absolute Gasteiger partial charge is 0.305 e. The van der Waals surface area contributed by atoms with E-state index in [9.17, 15) is 13.2 Å². The molecule has 0 radical (unpaired) electrons. The molecule has 0 fully saturated rings. The molecule has 1 aromatic carbocycles. The Morgan fingerprint density at radius 1 is 1.38 bits per heavy atom. The van der Waals surface area contributed by atoms with Gasteiger partial charge in [-0.25, -0.2) is 5.14 Å². The topological polar surface area (TPSA) is 109 Å². The van der Waals surface area contributed by atoms with E-state index in [2.05, 4.69) is 4.72 Å². The van der Waals surface area contributed by atoms with Crippen LogP contribution in [0.4, 0.5) is 0 Å². The highest BCUT2D eigenvalue weighted by Gasteiger charge is 2.19. The molecular formula is C9H12N2O4S. The van der Waals surface area contributed by atoms with E-state index in [-0.39, 0.29) is 6.42 Å². The predicted octanol–water partition coefficient (Wildman–Crippen LogP) is -0.00450. The highest BCUT2D eigenvalue weighted by molar-refractivity contribution is 7.87. The molecule has 6 nitrogen and oxygen atoms in total. The van der Waals surface area contributed by atoms with Crippen molar-refractivity contribution in [1.82, 2.24) is 4.72 Å². The number of aliphatic carboxylic acids is 1. The average molecular weight is 244 g/mol. The second-order valence-corrected chi connectivity index (χ2v) is 4.55. The molecule has 0 aromatic heterocycles. The molecule has 16 heavy (non-hydrogen) atoms. The molecule has 1 aromatic rings. The first-order valence-corrected chi connectivity index (χ1v) is 6.00. The fourth-order valence-corrected chi connectivity index (χ4v) is 1.90. The van der Waals surface area contributed by atoms with Crippen molar-refractivity contribution in [1.29, 1.82) is 0 Å². The largest absolute Gasteiger partial charge is 0.481 e. The Kier molecular flexibility index (Phi) is 3.99. The van der Waals surface area contributed by atoms with E-state index >= 15 is 0 Å². The third-order valence-electron chi connectivity index (χ3n) is 1.89. The summed E-state index contributed by atoms with van der Waals surface area (Å²) < 4.78 is 23.8. The second kappa shape index (κ2) is 5.06. The summed E-state index contributed by atoms with van der Waals surface area (Å²) in [4.78, 5) is 10.6.